The number of benzene rings is 1. The van der Waals surface area contributed by atoms with Crippen LogP contribution in [0.5, 0.6) is 11.6 Å². The van der Waals surface area contributed by atoms with E-state index in [-0.39, 0.29) is 36.6 Å². The topological polar surface area (TPSA) is 124 Å². The molecule has 2 amide bonds. The number of carbonyl (C=O) groups is 2. The van der Waals surface area contributed by atoms with Gasteiger partial charge in [-0.3, -0.25) is 19.2 Å². The monoisotopic (exact) mass is 595 g/mol. The minimum Gasteiger partial charge on any atom is -0.492 e. The van der Waals surface area contributed by atoms with Crippen LogP contribution in [0.4, 0.5) is 0 Å². The van der Waals surface area contributed by atoms with E-state index in [1.165, 1.54) is 0 Å². The van der Waals surface area contributed by atoms with E-state index in [2.05, 4.69) is 25.5 Å². The Labute approximate surface area is 248 Å². The van der Waals surface area contributed by atoms with Crippen LogP contribution in [0.3, 0.4) is 0 Å². The molecule has 1 aromatic carbocycles. The van der Waals surface area contributed by atoms with Gasteiger partial charge in [0.2, 0.25) is 5.88 Å². The van der Waals surface area contributed by atoms with Crippen LogP contribution in [0, 0.1) is 0 Å². The maximum absolute atomic E-state index is 13.4. The van der Waals surface area contributed by atoms with Gasteiger partial charge in [-0.1, -0.05) is 16.8 Å². The summed E-state index contributed by atoms with van der Waals surface area (Å²) >= 11 is 6.34. The number of pyridine rings is 1. The first kappa shape index (κ1) is 28.4. The fourth-order valence-corrected chi connectivity index (χ4v) is 5.80. The van der Waals surface area contributed by atoms with Crippen LogP contribution in [0.25, 0.3) is 0 Å². The predicted octanol–water partition coefficient (Wildman–Crippen LogP) is 2.68. The number of hydrogen-bond acceptors (Lipinski definition) is 9. The average Bonchev–Trinajstić information content (AvgIpc) is 3.67. The van der Waals surface area contributed by atoms with Gasteiger partial charge in [0.15, 0.2) is 0 Å². The highest BCUT2D eigenvalue weighted by Gasteiger charge is 2.37. The number of nitrogens with zero attached hydrogens (tertiary/aromatic N) is 6. The lowest BCUT2D eigenvalue weighted by Crippen LogP contribution is -2.44. The zero-order valence-corrected chi connectivity index (χ0v) is 24.6. The number of methoxy groups -OCH3 is 1. The van der Waals surface area contributed by atoms with Crippen molar-refractivity contribution < 1.29 is 23.8 Å². The average molecular weight is 596 g/mol. The molecule has 0 spiro atoms. The highest BCUT2D eigenvalue weighted by Crippen LogP contribution is 2.31. The highest BCUT2D eigenvalue weighted by atomic mass is 35.5. The molecule has 0 unspecified atom stereocenters. The Morgan fingerprint density at radius 2 is 2.07 bits per heavy atom. The van der Waals surface area contributed by atoms with Gasteiger partial charge >= 0.3 is 0 Å². The van der Waals surface area contributed by atoms with Gasteiger partial charge in [-0.2, -0.15) is 0 Å². The third kappa shape index (κ3) is 5.79. The maximum atomic E-state index is 13.4. The van der Waals surface area contributed by atoms with Gasteiger partial charge in [-0.05, 0) is 38.1 Å². The number of halogens is 1. The number of rotatable bonds is 4. The van der Waals surface area contributed by atoms with Crippen LogP contribution in [0.1, 0.15) is 57.9 Å². The number of carbonyl (C=O) groups excluding carboxylic acids is 2. The molecule has 13 heteroatoms. The van der Waals surface area contributed by atoms with Gasteiger partial charge in [0.25, 0.3) is 11.8 Å². The van der Waals surface area contributed by atoms with Crippen molar-refractivity contribution in [1.82, 2.24) is 35.1 Å². The highest BCUT2D eigenvalue weighted by molar-refractivity contribution is 6.32. The van der Waals surface area contributed by atoms with Crippen molar-refractivity contribution in [2.75, 3.05) is 26.8 Å². The molecule has 0 saturated carbocycles. The third-order valence-corrected chi connectivity index (χ3v) is 8.15. The Morgan fingerprint density at radius 1 is 1.21 bits per heavy atom. The van der Waals surface area contributed by atoms with Crippen molar-refractivity contribution in [1.29, 1.82) is 0 Å². The zero-order valence-electron chi connectivity index (χ0n) is 23.9. The van der Waals surface area contributed by atoms with Gasteiger partial charge in [0.1, 0.15) is 11.4 Å². The summed E-state index contributed by atoms with van der Waals surface area (Å²) in [5.74, 6) is 0.685. The summed E-state index contributed by atoms with van der Waals surface area (Å²) < 4.78 is 19.6. The Kier molecular flexibility index (Phi) is 8.02. The Morgan fingerprint density at radius 3 is 2.88 bits per heavy atom. The Bertz CT molecular complexity index is 1490. The molecule has 0 aliphatic carbocycles. The maximum Gasteiger partial charge on any atom is 0.256 e. The lowest BCUT2D eigenvalue weighted by Gasteiger charge is -2.20. The summed E-state index contributed by atoms with van der Waals surface area (Å²) in [7, 11) is 1.59. The summed E-state index contributed by atoms with van der Waals surface area (Å²) in [5, 5.41) is 12.0. The number of fused-ring (bicyclic) bond motifs is 6. The van der Waals surface area contributed by atoms with E-state index in [0.29, 0.717) is 79.2 Å². The minimum absolute atomic E-state index is 0.0208. The van der Waals surface area contributed by atoms with Gasteiger partial charge in [0.05, 0.1) is 61.5 Å². The second-order valence-corrected chi connectivity index (χ2v) is 11.5. The van der Waals surface area contributed by atoms with Crippen LogP contribution >= 0.6 is 11.6 Å². The van der Waals surface area contributed by atoms with Gasteiger partial charge < -0.3 is 24.4 Å². The second kappa shape index (κ2) is 11.9. The van der Waals surface area contributed by atoms with E-state index in [4.69, 9.17) is 25.8 Å². The molecule has 1 saturated heterocycles. The molecule has 2 atom stereocenters. The molecule has 3 aliphatic heterocycles. The SMILES string of the molecule is COc1nc2c(cc1CN1C[C@@H]3NC(=O)c4ccc(Cl)c(c4)OCCCn4cc(nn4)CO[C@H]3C1)C(=O)N(C(C)C)C2. The molecule has 42 heavy (non-hydrogen) atoms. The quantitative estimate of drug-likeness (QED) is 0.485. The van der Waals surface area contributed by atoms with Crippen molar-refractivity contribution in [2.45, 2.75) is 64.7 Å². The summed E-state index contributed by atoms with van der Waals surface area (Å²) in [6, 6.07) is 6.67. The van der Waals surface area contributed by atoms with Crippen LogP contribution in [-0.4, -0.2) is 86.6 Å². The molecule has 4 bridgehead atoms. The standard InChI is InChI=1S/C29H34ClN7O5/c1-17(2)37-14-23-21(29(37)39)9-19(28(32-23)40-3)11-35-13-24-26(15-35)42-16-20-12-36(34-33-20)7-4-8-41-25-10-18(27(38)31-24)5-6-22(25)30/h5-6,9-10,12,17,24,26H,4,7-8,11,13-16H2,1-3H3,(H,31,38)/t24-,26-/m0/s1. The molecule has 1 N–H and O–H groups in total. The van der Waals surface area contributed by atoms with Gasteiger partial charge in [-0.15, -0.1) is 5.10 Å². The normalized spacial score (nSPS) is 21.2. The fraction of sp³-hybridized carbons (Fsp3) is 0.483. The molecule has 12 nitrogen and oxygen atoms in total. The van der Waals surface area contributed by atoms with Gasteiger partial charge in [-0.25, -0.2) is 4.98 Å². The molecular weight excluding hydrogens is 562 g/mol. The van der Waals surface area contributed by atoms with E-state index < -0.39 is 0 Å². The smallest absolute Gasteiger partial charge is 0.256 e. The minimum atomic E-state index is -0.318. The molecule has 3 aliphatic rings. The molecule has 222 valence electrons. The molecule has 2 aromatic heterocycles. The number of likely N-dealkylation sites (tertiary alicyclic amines) is 1. The number of aryl methyl sites for hydroxylation is 1. The first-order chi connectivity index (χ1) is 20.3. The Balaban J connectivity index is 1.24. The molecule has 3 aromatic rings. The second-order valence-electron chi connectivity index (χ2n) is 11.1. The molecule has 1 fully saturated rings. The van der Waals surface area contributed by atoms with Crippen LogP contribution in [0.15, 0.2) is 30.5 Å². The first-order valence-corrected chi connectivity index (χ1v) is 14.5. The zero-order chi connectivity index (χ0) is 29.4. The number of amides is 2. The first-order valence-electron chi connectivity index (χ1n) is 14.1. The van der Waals surface area contributed by atoms with Crippen molar-refractivity contribution in [2.24, 2.45) is 0 Å². The number of aromatic nitrogens is 4. The lowest BCUT2D eigenvalue weighted by atomic mass is 10.1. The van der Waals surface area contributed by atoms with Crippen LogP contribution in [0.2, 0.25) is 5.02 Å². The lowest BCUT2D eigenvalue weighted by molar-refractivity contribution is 0.0293. The van der Waals surface area contributed by atoms with Gasteiger partial charge in [0, 0.05) is 49.8 Å². The summed E-state index contributed by atoms with van der Waals surface area (Å²) in [6.45, 7) is 7.29. The van der Waals surface area contributed by atoms with Crippen LogP contribution in [-0.2, 0) is 31.0 Å². The van der Waals surface area contributed by atoms with Crippen LogP contribution < -0.4 is 14.8 Å². The van der Waals surface area contributed by atoms with Crippen molar-refractivity contribution in [3.8, 4) is 11.6 Å². The molecular formula is C29H34ClN7O5. The van der Waals surface area contributed by atoms with Crippen molar-refractivity contribution in [3.63, 3.8) is 0 Å². The molecule has 6 rings (SSSR count). The van der Waals surface area contributed by atoms with Crippen molar-refractivity contribution in [3.05, 3.63) is 63.6 Å². The molecule has 0 radical (unpaired) electrons. The van der Waals surface area contributed by atoms with E-state index >= 15 is 0 Å². The number of nitrogens with one attached hydrogen (secondary N) is 1. The predicted molar refractivity (Wildman–Crippen MR) is 152 cm³/mol. The summed E-state index contributed by atoms with van der Waals surface area (Å²) in [6.07, 6.45) is 2.23. The third-order valence-electron chi connectivity index (χ3n) is 7.83. The van der Waals surface area contributed by atoms with E-state index in [1.54, 1.807) is 34.9 Å². The summed E-state index contributed by atoms with van der Waals surface area (Å²) in [5.41, 5.74) is 3.30. The fourth-order valence-electron chi connectivity index (χ4n) is 5.63. The van der Waals surface area contributed by atoms with E-state index in [9.17, 15) is 9.59 Å². The van der Waals surface area contributed by atoms with E-state index in [1.807, 2.05) is 26.1 Å². The van der Waals surface area contributed by atoms with E-state index in [0.717, 1.165) is 11.3 Å². The Hall–Kier alpha value is -3.74. The molecule has 5 heterocycles. The largest absolute Gasteiger partial charge is 0.492 e. The number of ether oxygens (including phenoxy) is 3. The number of hydrogen-bond donors (Lipinski definition) is 1. The summed E-state index contributed by atoms with van der Waals surface area (Å²) in [4.78, 5) is 35.1. The van der Waals surface area contributed by atoms with Crippen molar-refractivity contribution >= 4 is 23.4 Å².